The van der Waals surface area contributed by atoms with Crippen molar-refractivity contribution in [2.75, 3.05) is 0 Å². The zero-order valence-electron chi connectivity index (χ0n) is 3.47. The topological polar surface area (TPSA) is 42.7 Å². The summed E-state index contributed by atoms with van der Waals surface area (Å²) in [4.78, 5) is 2.65. The number of amidine groups is 1. The maximum absolute atomic E-state index is 6.09. The molecule has 0 spiro atoms. The van der Waals surface area contributed by atoms with E-state index in [1.54, 1.807) is 6.92 Å². The average Bonchev–Trinajstić information content (AvgIpc) is 1.35. The lowest BCUT2D eigenvalue weighted by Gasteiger charge is -1.68. The molecule has 0 saturated carbocycles. The van der Waals surface area contributed by atoms with E-state index in [1.165, 1.54) is 0 Å². The molecule has 0 bridgehead atoms. The van der Waals surface area contributed by atoms with Crippen LogP contribution in [-0.2, 0) is 0 Å². The van der Waals surface area contributed by atoms with Crippen LogP contribution in [-0.4, -0.2) is 5.84 Å². The number of hydrogen-bond acceptors (Lipinski definition) is 1. The molecule has 0 aromatic heterocycles. The first-order valence-electron chi connectivity index (χ1n) is 1.44. The minimum Gasteiger partial charge on any atom is -0.382 e. The Morgan fingerprint density at radius 1 is 2.00 bits per heavy atom. The van der Waals surface area contributed by atoms with Gasteiger partial charge in [0, 0.05) is 6.92 Å². The highest BCUT2D eigenvalue weighted by Gasteiger charge is 1.73. The molecule has 0 aromatic rings. The number of hydrogen-bond donors (Lipinski definition) is 1. The molecule has 0 heterocycles. The number of nitrogens with zero attached hydrogens (tertiary/aromatic N) is 2. The summed E-state index contributed by atoms with van der Waals surface area (Å²) in [5.74, 6) is 0.310. The molecule has 0 rings (SSSR count). The second kappa shape index (κ2) is 2.21. The Balaban J connectivity index is 3.51. The van der Waals surface area contributed by atoms with Gasteiger partial charge in [0.15, 0.2) is 5.84 Å². The highest BCUT2D eigenvalue weighted by Crippen LogP contribution is 1.64. The molecule has 0 atom stereocenters. The predicted octanol–water partition coefficient (Wildman–Crippen LogP) is 0.198. The van der Waals surface area contributed by atoms with E-state index in [2.05, 4.69) is 10.1 Å². The lowest BCUT2D eigenvalue weighted by molar-refractivity contribution is 1.47. The van der Waals surface area contributed by atoms with Crippen molar-refractivity contribution < 1.29 is 0 Å². The summed E-state index contributed by atoms with van der Waals surface area (Å²) in [6, 6.07) is 0. The molecule has 0 unspecified atom stereocenters. The van der Waals surface area contributed by atoms with Crippen molar-refractivity contribution in [1.29, 1.82) is 0 Å². The Hall–Kier alpha value is -1.04. The van der Waals surface area contributed by atoms with Crippen molar-refractivity contribution >= 4 is 5.84 Å². The van der Waals surface area contributed by atoms with Crippen LogP contribution >= 0.6 is 0 Å². The molecule has 0 aliphatic heterocycles. The summed E-state index contributed by atoms with van der Waals surface area (Å²) in [6.07, 6.45) is 0. The smallest absolute Gasteiger partial charge is 0.179 e. The molecule has 32 valence electrons. The molecule has 6 heavy (non-hydrogen) atoms. The standard InChI is InChI=1S/C3H5N3/c1-3(4)6-5-2/h1H3,(H2,4,6). The Labute approximate surface area is 36.3 Å². The molecule has 3 heteroatoms. The van der Waals surface area contributed by atoms with E-state index in [9.17, 15) is 0 Å². The summed E-state index contributed by atoms with van der Waals surface area (Å²) in [6.45, 7) is 7.66. The van der Waals surface area contributed by atoms with Crippen LogP contribution in [0.15, 0.2) is 5.10 Å². The summed E-state index contributed by atoms with van der Waals surface area (Å²) in [7, 11) is 0. The van der Waals surface area contributed by atoms with Gasteiger partial charge >= 0.3 is 0 Å². The molecule has 0 aliphatic rings. The molecule has 0 radical (unpaired) electrons. The van der Waals surface area contributed by atoms with E-state index < -0.39 is 0 Å². The average molecular weight is 83.1 g/mol. The van der Waals surface area contributed by atoms with E-state index in [0.29, 0.717) is 5.84 Å². The third-order valence-electron chi connectivity index (χ3n) is 0.208. The van der Waals surface area contributed by atoms with Gasteiger partial charge in [0.1, 0.15) is 5.10 Å². The van der Waals surface area contributed by atoms with Gasteiger partial charge in [0.25, 0.3) is 0 Å². The molecule has 0 aromatic carbocycles. The summed E-state index contributed by atoms with van der Waals surface area (Å²) in [5, 5.41) is 3.11. The van der Waals surface area contributed by atoms with E-state index in [4.69, 9.17) is 12.3 Å². The molecular formula is C3H5N3. The lowest BCUT2D eigenvalue weighted by atomic mass is 10.7. The van der Waals surface area contributed by atoms with Crippen molar-refractivity contribution in [2.24, 2.45) is 10.8 Å². The van der Waals surface area contributed by atoms with Gasteiger partial charge in [0.05, 0.1) is 0 Å². The Morgan fingerprint density at radius 2 is 2.50 bits per heavy atom. The minimum atomic E-state index is 0.310. The van der Waals surface area contributed by atoms with Crippen molar-refractivity contribution in [3.05, 3.63) is 11.5 Å². The van der Waals surface area contributed by atoms with Crippen LogP contribution in [0.4, 0.5) is 0 Å². The van der Waals surface area contributed by atoms with Crippen LogP contribution in [0.5, 0.6) is 0 Å². The van der Waals surface area contributed by atoms with E-state index in [0.717, 1.165) is 0 Å². The Kier molecular flexibility index (Phi) is 1.83. The first kappa shape index (κ1) is 4.96. The van der Waals surface area contributed by atoms with Crippen molar-refractivity contribution in [3.8, 4) is 0 Å². The number of nitrogens with two attached hydrogens (primary N) is 1. The van der Waals surface area contributed by atoms with Crippen molar-refractivity contribution in [1.82, 2.24) is 0 Å². The Morgan fingerprint density at radius 3 is 2.50 bits per heavy atom. The maximum Gasteiger partial charge on any atom is 0.179 e. The second-order valence-corrected chi connectivity index (χ2v) is 0.841. The van der Waals surface area contributed by atoms with Gasteiger partial charge in [0.2, 0.25) is 0 Å². The fraction of sp³-hybridized carbons (Fsp3) is 0.333. The molecule has 3 nitrogen and oxygen atoms in total. The zero-order valence-corrected chi connectivity index (χ0v) is 3.47. The van der Waals surface area contributed by atoms with Crippen LogP contribution in [0.25, 0.3) is 4.95 Å². The SMILES string of the molecule is [C-]#[N+]/N=C(\C)N. The third kappa shape index (κ3) is 2.96. The van der Waals surface area contributed by atoms with Crippen LogP contribution in [0.3, 0.4) is 0 Å². The summed E-state index contributed by atoms with van der Waals surface area (Å²) < 4.78 is 0. The van der Waals surface area contributed by atoms with Crippen LogP contribution in [0, 0.1) is 6.57 Å². The van der Waals surface area contributed by atoms with Gasteiger partial charge in [-0.2, -0.15) is 6.57 Å². The van der Waals surface area contributed by atoms with E-state index in [1.807, 2.05) is 0 Å². The molecule has 0 aliphatic carbocycles. The maximum atomic E-state index is 6.09. The predicted molar refractivity (Wildman–Crippen MR) is 23.9 cm³/mol. The van der Waals surface area contributed by atoms with E-state index in [-0.39, 0.29) is 0 Å². The zero-order chi connectivity index (χ0) is 4.99. The second-order valence-electron chi connectivity index (χ2n) is 0.841. The van der Waals surface area contributed by atoms with Gasteiger partial charge in [-0.05, 0) is 0 Å². The van der Waals surface area contributed by atoms with Crippen LogP contribution in [0.2, 0.25) is 0 Å². The molecule has 0 amide bonds. The molecule has 0 fully saturated rings. The fourth-order valence-corrected chi connectivity index (χ4v) is 0.0789. The summed E-state index contributed by atoms with van der Waals surface area (Å²) >= 11 is 0. The first-order chi connectivity index (χ1) is 2.77. The lowest BCUT2D eigenvalue weighted by Crippen LogP contribution is -2.02. The van der Waals surface area contributed by atoms with Crippen LogP contribution < -0.4 is 5.73 Å². The van der Waals surface area contributed by atoms with Gasteiger partial charge < -0.3 is 5.73 Å². The fourth-order valence-electron chi connectivity index (χ4n) is 0.0789. The van der Waals surface area contributed by atoms with Gasteiger partial charge in [-0.15, -0.1) is 4.95 Å². The number of rotatable bonds is 0. The minimum absolute atomic E-state index is 0.310. The highest BCUT2D eigenvalue weighted by atomic mass is 15.2. The third-order valence-corrected chi connectivity index (χ3v) is 0.208. The van der Waals surface area contributed by atoms with Gasteiger partial charge in [-0.1, -0.05) is 0 Å². The molecule has 0 saturated heterocycles. The Bertz CT molecular complexity index is 93.1. The normalized spacial score (nSPS) is 10.3. The van der Waals surface area contributed by atoms with E-state index >= 15 is 0 Å². The monoisotopic (exact) mass is 83.0 g/mol. The van der Waals surface area contributed by atoms with Crippen LogP contribution in [0.1, 0.15) is 6.92 Å². The van der Waals surface area contributed by atoms with Crippen molar-refractivity contribution in [3.63, 3.8) is 0 Å². The molecular weight excluding hydrogens is 78.1 g/mol. The quantitative estimate of drug-likeness (QED) is 0.193. The van der Waals surface area contributed by atoms with Gasteiger partial charge in [-0.3, -0.25) is 0 Å². The largest absolute Gasteiger partial charge is 0.382 e. The molecule has 2 N–H and O–H groups in total. The van der Waals surface area contributed by atoms with Gasteiger partial charge in [-0.25, -0.2) is 0 Å². The van der Waals surface area contributed by atoms with Crippen molar-refractivity contribution in [2.45, 2.75) is 6.92 Å². The summed E-state index contributed by atoms with van der Waals surface area (Å²) in [5.41, 5.74) is 4.94. The first-order valence-corrected chi connectivity index (χ1v) is 1.44. The highest BCUT2D eigenvalue weighted by molar-refractivity contribution is 5.77.